The predicted molar refractivity (Wildman–Crippen MR) is 108 cm³/mol. The smallest absolute Gasteiger partial charge is 0.318 e. The Morgan fingerprint density at radius 2 is 1.83 bits per heavy atom. The van der Waals surface area contributed by atoms with Crippen molar-refractivity contribution >= 4 is 17.7 Å². The standard InChI is InChI=1S/C23H25N3O3/c1-23(20-9-5-6-14-24-20)21(28)26(22(29)25-23)15-19(27)18-12-10-17(11-13-18)16-7-3-2-4-8-16/h5-6,9-14,16H,2-4,7-8,15H2,1H3,(H,25,29). The summed E-state index contributed by atoms with van der Waals surface area (Å²) < 4.78 is 0. The monoisotopic (exact) mass is 391 g/mol. The second-order valence-corrected chi connectivity index (χ2v) is 8.04. The van der Waals surface area contributed by atoms with Gasteiger partial charge in [-0.15, -0.1) is 0 Å². The van der Waals surface area contributed by atoms with E-state index in [0.717, 1.165) is 4.90 Å². The van der Waals surface area contributed by atoms with E-state index in [1.807, 2.05) is 24.3 Å². The molecule has 29 heavy (non-hydrogen) atoms. The van der Waals surface area contributed by atoms with Gasteiger partial charge in [-0.05, 0) is 43.4 Å². The van der Waals surface area contributed by atoms with Crippen molar-refractivity contribution in [1.29, 1.82) is 0 Å². The minimum Gasteiger partial charge on any atom is -0.318 e. The maximum Gasteiger partial charge on any atom is 0.325 e. The fourth-order valence-corrected chi connectivity index (χ4v) is 4.28. The minimum atomic E-state index is -1.26. The zero-order valence-corrected chi connectivity index (χ0v) is 16.6. The predicted octanol–water partition coefficient (Wildman–Crippen LogP) is 3.78. The van der Waals surface area contributed by atoms with Gasteiger partial charge in [0.25, 0.3) is 5.91 Å². The molecule has 1 aromatic heterocycles. The molecule has 2 aliphatic rings. The number of pyridine rings is 1. The van der Waals surface area contributed by atoms with Crippen LogP contribution in [-0.2, 0) is 10.3 Å². The third-order valence-electron chi connectivity index (χ3n) is 6.06. The maximum absolute atomic E-state index is 12.9. The molecule has 3 amide bonds. The topological polar surface area (TPSA) is 79.4 Å². The Morgan fingerprint density at radius 1 is 1.10 bits per heavy atom. The lowest BCUT2D eigenvalue weighted by Crippen LogP contribution is -2.42. The van der Waals surface area contributed by atoms with E-state index in [1.54, 1.807) is 31.3 Å². The quantitative estimate of drug-likeness (QED) is 0.621. The highest BCUT2D eigenvalue weighted by molar-refractivity contribution is 6.11. The zero-order valence-electron chi connectivity index (χ0n) is 16.6. The van der Waals surface area contributed by atoms with Crippen molar-refractivity contribution < 1.29 is 14.4 Å². The molecule has 1 saturated heterocycles. The van der Waals surface area contributed by atoms with Gasteiger partial charge in [0, 0.05) is 11.8 Å². The minimum absolute atomic E-state index is 0.256. The Bertz CT molecular complexity index is 920. The number of nitrogens with one attached hydrogen (secondary N) is 1. The maximum atomic E-state index is 12.9. The largest absolute Gasteiger partial charge is 0.325 e. The van der Waals surface area contributed by atoms with Gasteiger partial charge in [-0.25, -0.2) is 4.79 Å². The summed E-state index contributed by atoms with van der Waals surface area (Å²) in [5.41, 5.74) is 0.962. The van der Waals surface area contributed by atoms with Crippen molar-refractivity contribution in [1.82, 2.24) is 15.2 Å². The molecule has 0 radical (unpaired) electrons. The van der Waals surface area contributed by atoms with Crippen LogP contribution < -0.4 is 5.32 Å². The molecule has 4 rings (SSSR count). The Morgan fingerprint density at radius 3 is 2.48 bits per heavy atom. The molecule has 6 nitrogen and oxygen atoms in total. The Balaban J connectivity index is 1.47. The summed E-state index contributed by atoms with van der Waals surface area (Å²) in [6.07, 6.45) is 7.78. The first-order valence-corrected chi connectivity index (χ1v) is 10.2. The van der Waals surface area contributed by atoms with E-state index in [1.165, 1.54) is 37.7 Å². The number of carbonyl (C=O) groups is 3. The van der Waals surface area contributed by atoms with Gasteiger partial charge in [0.2, 0.25) is 0 Å². The van der Waals surface area contributed by atoms with Gasteiger partial charge < -0.3 is 5.32 Å². The molecule has 1 unspecified atom stereocenters. The SMILES string of the molecule is CC1(c2ccccn2)NC(=O)N(CC(=O)c2ccc(C3CCCCC3)cc2)C1=O. The van der Waals surface area contributed by atoms with Crippen LogP contribution in [0.25, 0.3) is 0 Å². The number of hydrogen-bond donors (Lipinski definition) is 1. The first-order valence-electron chi connectivity index (χ1n) is 10.2. The molecule has 1 aliphatic carbocycles. The number of carbonyl (C=O) groups excluding carboxylic acids is 3. The molecule has 150 valence electrons. The average Bonchev–Trinajstić information content (AvgIpc) is 2.99. The molecule has 2 heterocycles. The lowest BCUT2D eigenvalue weighted by molar-refractivity contribution is -0.130. The van der Waals surface area contributed by atoms with Crippen molar-refractivity contribution in [2.24, 2.45) is 0 Å². The lowest BCUT2D eigenvalue weighted by atomic mass is 9.84. The van der Waals surface area contributed by atoms with Gasteiger partial charge in [0.15, 0.2) is 11.3 Å². The number of hydrogen-bond acceptors (Lipinski definition) is 4. The molecule has 6 heteroatoms. The molecule has 1 N–H and O–H groups in total. The molecule has 2 aromatic rings. The number of urea groups is 1. The van der Waals surface area contributed by atoms with Gasteiger partial charge in [-0.1, -0.05) is 49.6 Å². The van der Waals surface area contributed by atoms with E-state index < -0.39 is 17.5 Å². The van der Waals surface area contributed by atoms with Crippen LogP contribution >= 0.6 is 0 Å². The Labute approximate surface area is 170 Å². The van der Waals surface area contributed by atoms with Crippen molar-refractivity contribution in [3.05, 3.63) is 65.5 Å². The van der Waals surface area contributed by atoms with E-state index in [2.05, 4.69) is 10.3 Å². The van der Waals surface area contributed by atoms with Crippen LogP contribution in [0.3, 0.4) is 0 Å². The molecule has 1 saturated carbocycles. The van der Waals surface area contributed by atoms with Crippen molar-refractivity contribution in [3.8, 4) is 0 Å². The number of nitrogens with zero attached hydrogens (tertiary/aromatic N) is 2. The molecular weight excluding hydrogens is 366 g/mol. The molecule has 1 atom stereocenters. The Kier molecular flexibility index (Phi) is 5.18. The fraction of sp³-hybridized carbons (Fsp3) is 0.391. The number of ketones is 1. The lowest BCUT2D eigenvalue weighted by Gasteiger charge is -2.22. The van der Waals surface area contributed by atoms with Crippen LogP contribution in [0.5, 0.6) is 0 Å². The van der Waals surface area contributed by atoms with E-state index in [4.69, 9.17) is 0 Å². The van der Waals surface area contributed by atoms with Gasteiger partial charge in [-0.2, -0.15) is 0 Å². The summed E-state index contributed by atoms with van der Waals surface area (Å²) in [5, 5.41) is 2.68. The molecule has 0 bridgehead atoms. The second kappa shape index (κ2) is 7.78. The van der Waals surface area contributed by atoms with Gasteiger partial charge >= 0.3 is 6.03 Å². The number of rotatable bonds is 5. The summed E-state index contributed by atoms with van der Waals surface area (Å²) >= 11 is 0. The van der Waals surface area contributed by atoms with Crippen molar-refractivity contribution in [2.75, 3.05) is 6.54 Å². The van der Waals surface area contributed by atoms with Crippen molar-refractivity contribution in [2.45, 2.75) is 50.5 Å². The number of amides is 3. The van der Waals surface area contributed by atoms with Crippen LogP contribution in [0.2, 0.25) is 0 Å². The summed E-state index contributed by atoms with van der Waals surface area (Å²) in [4.78, 5) is 43.2. The van der Waals surface area contributed by atoms with Gasteiger partial charge in [0.05, 0.1) is 12.2 Å². The average molecular weight is 391 g/mol. The van der Waals surface area contributed by atoms with Crippen molar-refractivity contribution in [3.63, 3.8) is 0 Å². The molecule has 1 aromatic carbocycles. The van der Waals surface area contributed by atoms with Crippen LogP contribution in [0, 0.1) is 0 Å². The highest BCUT2D eigenvalue weighted by Gasteiger charge is 2.50. The Hall–Kier alpha value is -3.02. The third kappa shape index (κ3) is 3.67. The fourth-order valence-electron chi connectivity index (χ4n) is 4.28. The van der Waals surface area contributed by atoms with Crippen LogP contribution in [0.15, 0.2) is 48.7 Å². The zero-order chi connectivity index (χ0) is 20.4. The van der Waals surface area contributed by atoms with Crippen LogP contribution in [-0.4, -0.2) is 34.2 Å². The number of aromatic nitrogens is 1. The molecule has 1 aliphatic heterocycles. The number of Topliss-reactive ketones (excluding diaryl/α,β-unsaturated/α-hetero) is 1. The molecule has 2 fully saturated rings. The van der Waals surface area contributed by atoms with E-state index >= 15 is 0 Å². The highest BCUT2D eigenvalue weighted by atomic mass is 16.2. The van der Waals surface area contributed by atoms with Gasteiger partial charge in [-0.3, -0.25) is 19.5 Å². The third-order valence-corrected chi connectivity index (χ3v) is 6.06. The first kappa shape index (κ1) is 19.3. The van der Waals surface area contributed by atoms with Crippen LogP contribution in [0.1, 0.15) is 66.6 Å². The number of benzene rings is 1. The van der Waals surface area contributed by atoms with Crippen LogP contribution in [0.4, 0.5) is 4.79 Å². The van der Waals surface area contributed by atoms with E-state index in [0.29, 0.717) is 17.2 Å². The first-order chi connectivity index (χ1) is 14.0. The molecular formula is C23H25N3O3. The summed E-state index contributed by atoms with van der Waals surface area (Å²) in [6, 6.07) is 12.2. The summed E-state index contributed by atoms with van der Waals surface area (Å²) in [5.74, 6) is -0.153. The van der Waals surface area contributed by atoms with E-state index in [-0.39, 0.29) is 12.3 Å². The summed E-state index contributed by atoms with van der Waals surface area (Å²) in [7, 11) is 0. The summed E-state index contributed by atoms with van der Waals surface area (Å²) in [6.45, 7) is 1.33. The molecule has 0 spiro atoms. The number of imide groups is 1. The van der Waals surface area contributed by atoms with Gasteiger partial charge in [0.1, 0.15) is 0 Å². The van der Waals surface area contributed by atoms with E-state index in [9.17, 15) is 14.4 Å². The normalized spacial score (nSPS) is 22.6. The second-order valence-electron chi connectivity index (χ2n) is 8.04. The highest BCUT2D eigenvalue weighted by Crippen LogP contribution is 2.33.